The number of aryl methyl sites for hydroxylation is 1. The van der Waals surface area contributed by atoms with E-state index >= 15 is 0 Å². The average Bonchev–Trinajstić information content (AvgIpc) is 3.09. The largest absolute Gasteiger partial charge is 0.493 e. The van der Waals surface area contributed by atoms with Gasteiger partial charge in [0.25, 0.3) is 0 Å². The molecule has 8 heteroatoms. The Kier molecular flexibility index (Phi) is 6.63. The summed E-state index contributed by atoms with van der Waals surface area (Å²) in [5, 5.41) is 10.5. The maximum atomic E-state index is 9.49. The van der Waals surface area contributed by atoms with E-state index in [0.29, 0.717) is 34.4 Å². The van der Waals surface area contributed by atoms with Crippen LogP contribution >= 0.6 is 11.3 Å². The Morgan fingerprint density at radius 1 is 1.03 bits per heavy atom. The zero-order valence-electron chi connectivity index (χ0n) is 18.2. The van der Waals surface area contributed by atoms with E-state index in [9.17, 15) is 5.26 Å². The van der Waals surface area contributed by atoms with Gasteiger partial charge in [0.05, 0.1) is 26.7 Å². The van der Waals surface area contributed by atoms with E-state index in [0.717, 1.165) is 40.3 Å². The van der Waals surface area contributed by atoms with E-state index < -0.39 is 0 Å². The second kappa shape index (κ2) is 9.18. The van der Waals surface area contributed by atoms with E-state index in [4.69, 9.17) is 24.2 Å². The molecule has 2 heterocycles. The zero-order chi connectivity index (χ0) is 21.8. The molecule has 0 radical (unpaired) electrons. The highest BCUT2D eigenvalue weighted by Gasteiger charge is 2.20. The highest BCUT2D eigenvalue weighted by atomic mass is 32.1. The number of nitrogens with zero attached hydrogens (tertiary/aromatic N) is 4. The summed E-state index contributed by atoms with van der Waals surface area (Å²) < 4.78 is 16.4. The van der Waals surface area contributed by atoms with Crippen molar-refractivity contribution in [2.75, 3.05) is 39.3 Å². The van der Waals surface area contributed by atoms with Gasteiger partial charge in [-0.05, 0) is 44.0 Å². The molecule has 0 bridgehead atoms. The minimum absolute atomic E-state index is 0.500. The topological polar surface area (TPSA) is 80.5 Å². The number of anilines is 1. The lowest BCUT2D eigenvalue weighted by atomic mass is 10.1. The standard InChI is InChI=1S/C22H26N4O3S/c1-7-26(8-2)21-19-13(3)17(12-23)30-22(19)25-18(24-21)11-14-9-15(27-4)20(29-6)16(10-14)28-5/h9-10H,7-8,11H2,1-6H3. The second-order valence-corrected chi connectivity index (χ2v) is 7.69. The van der Waals surface area contributed by atoms with Crippen molar-refractivity contribution in [2.24, 2.45) is 0 Å². The van der Waals surface area contributed by atoms with Crippen LogP contribution in [0.1, 0.15) is 35.7 Å². The van der Waals surface area contributed by atoms with Crippen LogP contribution in [0.2, 0.25) is 0 Å². The number of thiophene rings is 1. The molecule has 2 aromatic heterocycles. The quantitative estimate of drug-likeness (QED) is 0.530. The summed E-state index contributed by atoms with van der Waals surface area (Å²) in [5.41, 5.74) is 1.89. The van der Waals surface area contributed by atoms with Gasteiger partial charge in [0, 0.05) is 19.5 Å². The van der Waals surface area contributed by atoms with E-state index in [1.165, 1.54) is 11.3 Å². The molecule has 3 rings (SSSR count). The van der Waals surface area contributed by atoms with Crippen molar-refractivity contribution >= 4 is 27.4 Å². The second-order valence-electron chi connectivity index (χ2n) is 6.69. The van der Waals surface area contributed by atoms with Crippen LogP contribution in [0.15, 0.2) is 12.1 Å². The Balaban J connectivity index is 2.14. The lowest BCUT2D eigenvalue weighted by Gasteiger charge is -2.21. The van der Waals surface area contributed by atoms with Crippen LogP contribution in [0.4, 0.5) is 5.82 Å². The highest BCUT2D eigenvalue weighted by molar-refractivity contribution is 7.19. The Morgan fingerprint density at radius 3 is 2.17 bits per heavy atom. The third-order valence-corrected chi connectivity index (χ3v) is 6.16. The summed E-state index contributed by atoms with van der Waals surface area (Å²) in [6.45, 7) is 7.81. The number of fused-ring (bicyclic) bond motifs is 1. The van der Waals surface area contributed by atoms with Gasteiger partial charge in [-0.15, -0.1) is 11.3 Å². The van der Waals surface area contributed by atoms with Crippen LogP contribution in [-0.4, -0.2) is 44.4 Å². The lowest BCUT2D eigenvalue weighted by Crippen LogP contribution is -2.24. The van der Waals surface area contributed by atoms with Gasteiger partial charge >= 0.3 is 0 Å². The normalized spacial score (nSPS) is 10.7. The van der Waals surface area contributed by atoms with Crippen LogP contribution in [0.5, 0.6) is 17.2 Å². The van der Waals surface area contributed by atoms with Gasteiger partial charge in [-0.2, -0.15) is 5.26 Å². The van der Waals surface area contributed by atoms with Crippen molar-refractivity contribution in [2.45, 2.75) is 27.2 Å². The summed E-state index contributed by atoms with van der Waals surface area (Å²) >= 11 is 1.41. The molecule has 0 aliphatic rings. The molecular formula is C22H26N4O3S. The first-order valence-electron chi connectivity index (χ1n) is 9.75. The Labute approximate surface area is 180 Å². The SMILES string of the molecule is CCN(CC)c1nc(Cc2cc(OC)c(OC)c(OC)c2)nc2sc(C#N)c(C)c12. The number of ether oxygens (including phenoxy) is 3. The van der Waals surface area contributed by atoms with Gasteiger partial charge in [-0.1, -0.05) is 0 Å². The molecule has 0 aliphatic heterocycles. The minimum Gasteiger partial charge on any atom is -0.493 e. The van der Waals surface area contributed by atoms with E-state index in [2.05, 4.69) is 24.8 Å². The average molecular weight is 427 g/mol. The first kappa shape index (κ1) is 21.7. The Morgan fingerprint density at radius 2 is 1.67 bits per heavy atom. The van der Waals surface area contributed by atoms with Crippen molar-refractivity contribution in [3.63, 3.8) is 0 Å². The molecule has 3 aromatic rings. The number of benzene rings is 1. The van der Waals surface area contributed by atoms with Gasteiger partial charge in [-0.25, -0.2) is 9.97 Å². The fourth-order valence-electron chi connectivity index (χ4n) is 3.52. The number of aromatic nitrogens is 2. The Hall–Kier alpha value is -3.05. The minimum atomic E-state index is 0.500. The van der Waals surface area contributed by atoms with Gasteiger partial charge in [0.1, 0.15) is 27.4 Å². The molecule has 7 nitrogen and oxygen atoms in total. The molecule has 0 amide bonds. The van der Waals surface area contributed by atoms with Crippen LogP contribution in [0.25, 0.3) is 10.2 Å². The van der Waals surface area contributed by atoms with Gasteiger partial charge < -0.3 is 19.1 Å². The van der Waals surface area contributed by atoms with Crippen molar-refractivity contribution < 1.29 is 14.2 Å². The third kappa shape index (κ3) is 3.85. The summed E-state index contributed by atoms with van der Waals surface area (Å²) in [5.74, 6) is 3.30. The molecule has 0 N–H and O–H groups in total. The molecule has 0 unspecified atom stereocenters. The molecule has 30 heavy (non-hydrogen) atoms. The van der Waals surface area contributed by atoms with E-state index in [1.54, 1.807) is 21.3 Å². The monoisotopic (exact) mass is 426 g/mol. The molecule has 0 fully saturated rings. The summed E-state index contributed by atoms with van der Waals surface area (Å²) in [4.78, 5) is 13.4. The zero-order valence-corrected chi connectivity index (χ0v) is 19.0. The summed E-state index contributed by atoms with van der Waals surface area (Å²) in [7, 11) is 4.78. The molecule has 0 saturated heterocycles. The van der Waals surface area contributed by atoms with Gasteiger partial charge in [-0.3, -0.25) is 0 Å². The molecule has 0 spiro atoms. The Bertz CT molecular complexity index is 1070. The van der Waals surface area contributed by atoms with Crippen molar-refractivity contribution in [3.8, 4) is 23.3 Å². The lowest BCUT2D eigenvalue weighted by molar-refractivity contribution is 0.324. The first-order valence-corrected chi connectivity index (χ1v) is 10.6. The van der Waals surface area contributed by atoms with Gasteiger partial charge in [0.2, 0.25) is 5.75 Å². The van der Waals surface area contributed by atoms with Crippen LogP contribution in [-0.2, 0) is 6.42 Å². The highest BCUT2D eigenvalue weighted by Crippen LogP contribution is 2.39. The summed E-state index contributed by atoms with van der Waals surface area (Å²) in [6.07, 6.45) is 0.500. The molecular weight excluding hydrogens is 400 g/mol. The number of rotatable bonds is 8. The van der Waals surface area contributed by atoms with E-state index in [-0.39, 0.29) is 0 Å². The van der Waals surface area contributed by atoms with Crippen molar-refractivity contribution in [1.82, 2.24) is 9.97 Å². The van der Waals surface area contributed by atoms with Crippen LogP contribution in [0, 0.1) is 18.3 Å². The molecule has 0 aliphatic carbocycles. The molecule has 1 aromatic carbocycles. The molecule has 0 saturated carbocycles. The maximum Gasteiger partial charge on any atom is 0.203 e. The van der Waals surface area contributed by atoms with Crippen LogP contribution < -0.4 is 19.1 Å². The van der Waals surface area contributed by atoms with E-state index in [1.807, 2.05) is 19.1 Å². The number of hydrogen-bond acceptors (Lipinski definition) is 8. The van der Waals surface area contributed by atoms with Crippen LogP contribution in [0.3, 0.4) is 0 Å². The van der Waals surface area contributed by atoms with Crippen molar-refractivity contribution in [1.29, 1.82) is 5.26 Å². The third-order valence-electron chi connectivity index (χ3n) is 5.07. The molecule has 0 atom stereocenters. The molecule has 158 valence electrons. The predicted molar refractivity (Wildman–Crippen MR) is 119 cm³/mol. The first-order chi connectivity index (χ1) is 14.5. The predicted octanol–water partition coefficient (Wildman–Crippen LogP) is 4.33. The number of hydrogen-bond donors (Lipinski definition) is 0. The fourth-order valence-corrected chi connectivity index (χ4v) is 4.51. The van der Waals surface area contributed by atoms with Gasteiger partial charge in [0.15, 0.2) is 11.5 Å². The number of nitriles is 1. The van der Waals surface area contributed by atoms with Crippen molar-refractivity contribution in [3.05, 3.63) is 34.0 Å². The summed E-state index contributed by atoms with van der Waals surface area (Å²) in [6, 6.07) is 6.10. The smallest absolute Gasteiger partial charge is 0.203 e. The maximum absolute atomic E-state index is 9.49. The number of methoxy groups -OCH3 is 3. The fraction of sp³-hybridized carbons (Fsp3) is 0.409.